The molecule has 3 aromatic rings. The van der Waals surface area contributed by atoms with E-state index in [4.69, 9.17) is 4.74 Å². The second-order valence-electron chi connectivity index (χ2n) is 10.0. The van der Waals surface area contributed by atoms with Crippen molar-refractivity contribution in [1.82, 2.24) is 14.5 Å². The first-order chi connectivity index (χ1) is 18.9. The van der Waals surface area contributed by atoms with Crippen molar-refractivity contribution in [2.45, 2.75) is 45.2 Å². The van der Waals surface area contributed by atoms with Crippen molar-refractivity contribution in [2.24, 2.45) is 14.1 Å². The number of nitrogens with one attached hydrogen (secondary N) is 2. The molecule has 1 aliphatic heterocycles. The molecular weight excluding hydrogens is 526 g/mol. The average molecular weight is 557 g/mol. The van der Waals surface area contributed by atoms with Crippen molar-refractivity contribution in [3.05, 3.63) is 79.6 Å². The van der Waals surface area contributed by atoms with E-state index in [1.165, 1.54) is 24.9 Å². The maximum absolute atomic E-state index is 14.7. The van der Waals surface area contributed by atoms with Gasteiger partial charge in [-0.3, -0.25) is 14.2 Å². The summed E-state index contributed by atoms with van der Waals surface area (Å²) in [5.41, 5.74) is 0.138. The van der Waals surface area contributed by atoms with E-state index in [-0.39, 0.29) is 23.7 Å². The first kappa shape index (κ1) is 28.5. The Hall–Kier alpha value is -4.48. The summed E-state index contributed by atoms with van der Waals surface area (Å²) in [7, 11) is 2.89. The van der Waals surface area contributed by atoms with Gasteiger partial charge in [0.15, 0.2) is 0 Å². The van der Waals surface area contributed by atoms with Crippen LogP contribution in [0.25, 0.3) is 11.1 Å². The highest BCUT2D eigenvalue weighted by molar-refractivity contribution is 5.97. The van der Waals surface area contributed by atoms with Gasteiger partial charge in [-0.05, 0) is 49.9 Å². The molecule has 212 valence electrons. The Morgan fingerprint density at radius 3 is 2.40 bits per heavy atom. The van der Waals surface area contributed by atoms with Crippen molar-refractivity contribution in [3.8, 4) is 16.9 Å². The Labute approximate surface area is 228 Å². The first-order valence-electron chi connectivity index (χ1n) is 12.7. The molecule has 0 radical (unpaired) electrons. The quantitative estimate of drug-likeness (QED) is 0.389. The van der Waals surface area contributed by atoms with Gasteiger partial charge in [-0.25, -0.2) is 18.4 Å². The van der Waals surface area contributed by atoms with Crippen LogP contribution in [0.2, 0.25) is 0 Å². The summed E-state index contributed by atoms with van der Waals surface area (Å²) in [6, 6.07) is 3.56. The van der Waals surface area contributed by atoms with Crippen LogP contribution in [0.1, 0.15) is 41.8 Å². The van der Waals surface area contributed by atoms with Gasteiger partial charge in [0.2, 0.25) is 0 Å². The number of hydrogen-bond acceptors (Lipinski definition) is 6. The topological polar surface area (TPSA) is 132 Å². The number of nitrogens with zero attached hydrogens (tertiary/aromatic N) is 2. The molecule has 0 bridgehead atoms. The van der Waals surface area contributed by atoms with Gasteiger partial charge < -0.3 is 25.0 Å². The molecule has 0 aliphatic carbocycles. The fraction of sp³-hybridized carbons (Fsp3) is 0.357. The van der Waals surface area contributed by atoms with Crippen molar-refractivity contribution in [2.75, 3.05) is 11.9 Å². The number of aliphatic carboxylic acids is 1. The SMILES string of the molecule is CC(C)Nc1cc(F)c(C(=O)N[C@@H](Cc2ccc(-c3cn(C)c(=O)n(C)c3=O)c3c2CCCO3)C(=O)O)c(F)c1. The second-order valence-corrected chi connectivity index (χ2v) is 10.0. The number of benzene rings is 2. The smallest absolute Gasteiger partial charge is 0.330 e. The van der Waals surface area contributed by atoms with E-state index in [1.807, 2.05) is 0 Å². The summed E-state index contributed by atoms with van der Waals surface area (Å²) in [6.45, 7) is 3.94. The van der Waals surface area contributed by atoms with E-state index in [1.54, 1.807) is 26.0 Å². The zero-order valence-corrected chi connectivity index (χ0v) is 22.5. The largest absolute Gasteiger partial charge is 0.493 e. The minimum absolute atomic E-state index is 0.104. The number of halogens is 2. The monoisotopic (exact) mass is 556 g/mol. The Bertz CT molecular complexity index is 1590. The van der Waals surface area contributed by atoms with Gasteiger partial charge in [0, 0.05) is 44.0 Å². The fourth-order valence-corrected chi connectivity index (χ4v) is 4.78. The lowest BCUT2D eigenvalue weighted by Crippen LogP contribution is -2.43. The molecule has 2 heterocycles. The molecular formula is C28H30F2N4O6. The predicted octanol–water partition coefficient (Wildman–Crippen LogP) is 2.60. The summed E-state index contributed by atoms with van der Waals surface area (Å²) in [5.74, 6) is -4.46. The molecule has 1 aliphatic rings. The van der Waals surface area contributed by atoms with Crippen LogP contribution in [0.15, 0.2) is 40.1 Å². The van der Waals surface area contributed by atoms with Gasteiger partial charge in [0.25, 0.3) is 11.5 Å². The van der Waals surface area contributed by atoms with E-state index in [0.29, 0.717) is 41.9 Å². The second kappa shape index (κ2) is 11.3. The highest BCUT2D eigenvalue weighted by Gasteiger charge is 2.29. The van der Waals surface area contributed by atoms with Gasteiger partial charge in [-0.2, -0.15) is 0 Å². The number of amides is 1. The third kappa shape index (κ3) is 5.61. The number of hydrogen-bond donors (Lipinski definition) is 3. The van der Waals surface area contributed by atoms with Crippen LogP contribution in [0.4, 0.5) is 14.5 Å². The third-order valence-electron chi connectivity index (χ3n) is 6.66. The van der Waals surface area contributed by atoms with Crippen molar-refractivity contribution >= 4 is 17.6 Å². The van der Waals surface area contributed by atoms with E-state index >= 15 is 0 Å². The van der Waals surface area contributed by atoms with Crippen molar-refractivity contribution < 1.29 is 28.2 Å². The number of carboxylic acids is 1. The average Bonchev–Trinajstić information content (AvgIpc) is 2.88. The lowest BCUT2D eigenvalue weighted by Gasteiger charge is -2.25. The Balaban J connectivity index is 1.67. The van der Waals surface area contributed by atoms with Gasteiger partial charge in [-0.15, -0.1) is 0 Å². The molecule has 0 spiro atoms. The lowest BCUT2D eigenvalue weighted by atomic mass is 9.91. The maximum atomic E-state index is 14.7. The summed E-state index contributed by atoms with van der Waals surface area (Å²) < 4.78 is 37.5. The van der Waals surface area contributed by atoms with E-state index in [0.717, 1.165) is 16.7 Å². The number of rotatable bonds is 8. The Morgan fingerprint density at radius 1 is 1.10 bits per heavy atom. The van der Waals surface area contributed by atoms with Crippen molar-refractivity contribution in [1.29, 1.82) is 0 Å². The van der Waals surface area contributed by atoms with Gasteiger partial charge in [0.1, 0.15) is 29.0 Å². The molecule has 0 saturated carbocycles. The number of aromatic nitrogens is 2. The minimum atomic E-state index is -1.51. The van der Waals surface area contributed by atoms with Crippen LogP contribution in [0.3, 0.4) is 0 Å². The minimum Gasteiger partial charge on any atom is -0.493 e. The van der Waals surface area contributed by atoms with Crippen molar-refractivity contribution in [3.63, 3.8) is 0 Å². The van der Waals surface area contributed by atoms with E-state index in [9.17, 15) is 33.1 Å². The van der Waals surface area contributed by atoms with Gasteiger partial charge >= 0.3 is 11.7 Å². The van der Waals surface area contributed by atoms with Gasteiger partial charge in [-0.1, -0.05) is 12.1 Å². The van der Waals surface area contributed by atoms with Crippen LogP contribution >= 0.6 is 0 Å². The molecule has 0 saturated heterocycles. The van der Waals surface area contributed by atoms with Crippen LogP contribution in [0, 0.1) is 11.6 Å². The Morgan fingerprint density at radius 2 is 1.77 bits per heavy atom. The Kier molecular flexibility index (Phi) is 8.08. The summed E-state index contributed by atoms with van der Waals surface area (Å²) in [6.07, 6.45) is 2.36. The zero-order chi connectivity index (χ0) is 29.3. The molecule has 3 N–H and O–H groups in total. The lowest BCUT2D eigenvalue weighted by molar-refractivity contribution is -0.139. The molecule has 1 aromatic heterocycles. The molecule has 10 nitrogen and oxygen atoms in total. The van der Waals surface area contributed by atoms with E-state index in [2.05, 4.69) is 10.6 Å². The van der Waals surface area contributed by atoms with Crippen LogP contribution in [-0.2, 0) is 31.7 Å². The predicted molar refractivity (Wildman–Crippen MR) is 144 cm³/mol. The fourth-order valence-electron chi connectivity index (χ4n) is 4.78. The highest BCUT2D eigenvalue weighted by atomic mass is 19.1. The number of fused-ring (bicyclic) bond motifs is 1. The number of carbonyl (C=O) groups excluding carboxylic acids is 1. The normalized spacial score (nSPS) is 13.4. The molecule has 0 unspecified atom stereocenters. The molecule has 0 fully saturated rings. The molecule has 12 heteroatoms. The number of carboxylic acid groups (broad SMARTS) is 1. The number of carbonyl (C=O) groups is 2. The maximum Gasteiger partial charge on any atom is 0.330 e. The van der Waals surface area contributed by atoms with Crippen LogP contribution in [0.5, 0.6) is 5.75 Å². The number of anilines is 1. The zero-order valence-electron chi connectivity index (χ0n) is 22.5. The summed E-state index contributed by atoms with van der Waals surface area (Å²) >= 11 is 0. The standard InChI is InChI=1S/C28H30F2N4O6/c1-14(2)31-16-11-20(29)23(21(30)12-16)25(35)32-22(27(37)38)10-15-7-8-18(24-17(15)6-5-9-40-24)19-13-33(3)28(39)34(4)26(19)36/h7-8,11-14,22,31H,5-6,9-10H2,1-4H3,(H,32,35)(H,37,38)/t22-/m0/s1. The highest BCUT2D eigenvalue weighted by Crippen LogP contribution is 2.37. The molecule has 2 aromatic carbocycles. The van der Waals surface area contributed by atoms with Crippen LogP contribution < -0.4 is 26.6 Å². The number of ether oxygens (including phenoxy) is 1. The number of aryl methyl sites for hydroxylation is 1. The van der Waals surface area contributed by atoms with Crippen LogP contribution in [-0.4, -0.2) is 44.8 Å². The summed E-state index contributed by atoms with van der Waals surface area (Å²) in [5, 5.41) is 14.9. The molecule has 1 atom stereocenters. The summed E-state index contributed by atoms with van der Waals surface area (Å²) in [4.78, 5) is 49.9. The molecule has 40 heavy (non-hydrogen) atoms. The van der Waals surface area contributed by atoms with Gasteiger partial charge in [0.05, 0.1) is 12.2 Å². The first-order valence-corrected chi connectivity index (χ1v) is 12.7. The third-order valence-corrected chi connectivity index (χ3v) is 6.66. The molecule has 1 amide bonds. The van der Waals surface area contributed by atoms with E-state index < -0.39 is 46.4 Å². The molecule has 4 rings (SSSR count).